The summed E-state index contributed by atoms with van der Waals surface area (Å²) in [6, 6.07) is 12.1. The Labute approximate surface area is 205 Å². The van der Waals surface area contributed by atoms with Crippen LogP contribution < -0.4 is 16.4 Å². The number of hydrogen-bond donors (Lipinski definition) is 3. The Morgan fingerprint density at radius 2 is 1.91 bits per heavy atom. The van der Waals surface area contributed by atoms with E-state index in [1.165, 1.54) is 33.8 Å². The van der Waals surface area contributed by atoms with Gasteiger partial charge in [-0.05, 0) is 36.6 Å². The van der Waals surface area contributed by atoms with Gasteiger partial charge in [-0.15, -0.1) is 11.3 Å². The topological polar surface area (TPSA) is 128 Å². The second-order valence-corrected chi connectivity index (χ2v) is 11.2. The van der Waals surface area contributed by atoms with Gasteiger partial charge in [-0.2, -0.15) is 4.31 Å². The quantitative estimate of drug-likeness (QED) is 0.362. The maximum Gasteiger partial charge on any atom is 0.417 e. The number of aromatic amines is 1. The van der Waals surface area contributed by atoms with Crippen LogP contribution in [0.5, 0.6) is 0 Å². The highest BCUT2D eigenvalue weighted by Gasteiger charge is 2.29. The van der Waals surface area contributed by atoms with E-state index in [4.69, 9.17) is 4.42 Å². The zero-order valence-electron chi connectivity index (χ0n) is 19.0. The van der Waals surface area contributed by atoms with Crippen molar-refractivity contribution in [3.8, 4) is 0 Å². The molecule has 0 atom stereocenters. The summed E-state index contributed by atoms with van der Waals surface area (Å²) in [5, 5.41) is 7.61. The number of amides is 2. The molecule has 2 aromatic heterocycles. The van der Waals surface area contributed by atoms with Crippen molar-refractivity contribution in [2.24, 2.45) is 0 Å². The van der Waals surface area contributed by atoms with Crippen LogP contribution in [0.2, 0.25) is 0 Å². The molecule has 2 amide bonds. The lowest BCUT2D eigenvalue weighted by Gasteiger charge is -2.34. The number of carbonyl (C=O) groups is 1. The highest BCUT2D eigenvalue weighted by atomic mass is 32.2. The lowest BCUT2D eigenvalue weighted by Crippen LogP contribution is -2.48. The van der Waals surface area contributed by atoms with E-state index in [2.05, 4.69) is 20.5 Å². The monoisotopic (exact) mass is 515 g/mol. The number of H-pyrrole nitrogens is 1. The number of piperazine rings is 1. The average molecular weight is 516 g/mol. The number of nitrogens with one attached hydrogen (secondary N) is 3. The summed E-state index contributed by atoms with van der Waals surface area (Å²) in [7, 11) is -3.71. The number of hydrogen-bond acceptors (Lipinski definition) is 7. The maximum absolute atomic E-state index is 13.2. The molecule has 1 aliphatic rings. The lowest BCUT2D eigenvalue weighted by molar-refractivity contribution is 0.182. The van der Waals surface area contributed by atoms with Crippen LogP contribution in [0, 0.1) is 0 Å². The van der Waals surface area contributed by atoms with Crippen LogP contribution in [0.15, 0.2) is 56.6 Å². The molecule has 0 saturated carbocycles. The molecule has 5 rings (SSSR count). The van der Waals surface area contributed by atoms with Crippen molar-refractivity contribution in [3.63, 3.8) is 0 Å². The number of aromatic nitrogens is 1. The zero-order chi connectivity index (χ0) is 24.6. The number of thiophene rings is 1. The van der Waals surface area contributed by atoms with Crippen LogP contribution in [0.3, 0.4) is 0 Å². The van der Waals surface area contributed by atoms with E-state index in [0.717, 1.165) is 20.7 Å². The van der Waals surface area contributed by atoms with Crippen molar-refractivity contribution in [2.45, 2.75) is 18.4 Å². The summed E-state index contributed by atoms with van der Waals surface area (Å²) < 4.78 is 33.9. The predicted octanol–water partition coefficient (Wildman–Crippen LogP) is 2.98. The van der Waals surface area contributed by atoms with Crippen LogP contribution in [0.4, 0.5) is 9.80 Å². The SMILES string of the molecule is CCNC(=O)Nc1sc2ccccc2c1CN1CCN(S(=O)(=O)c2ccc3oc(=O)[nH]c3c2)CC1. The molecule has 0 radical (unpaired) electrons. The molecule has 0 aliphatic carbocycles. The number of rotatable bonds is 6. The summed E-state index contributed by atoms with van der Waals surface area (Å²) in [5.41, 5.74) is 1.70. The Balaban J connectivity index is 1.31. The van der Waals surface area contributed by atoms with Crippen molar-refractivity contribution in [1.29, 1.82) is 0 Å². The molecule has 1 aliphatic heterocycles. The first-order valence-electron chi connectivity index (χ1n) is 11.3. The molecule has 10 nitrogen and oxygen atoms in total. The zero-order valence-corrected chi connectivity index (χ0v) is 20.7. The molecule has 12 heteroatoms. The van der Waals surface area contributed by atoms with Crippen molar-refractivity contribution in [3.05, 3.63) is 58.6 Å². The van der Waals surface area contributed by atoms with Crippen molar-refractivity contribution >= 4 is 53.6 Å². The van der Waals surface area contributed by atoms with Gasteiger partial charge >= 0.3 is 11.8 Å². The minimum absolute atomic E-state index is 0.118. The number of sulfonamides is 1. The van der Waals surface area contributed by atoms with Crippen molar-refractivity contribution < 1.29 is 17.6 Å². The molecule has 1 fully saturated rings. The Hall–Kier alpha value is -3.19. The van der Waals surface area contributed by atoms with Gasteiger partial charge in [0.15, 0.2) is 5.58 Å². The minimum Gasteiger partial charge on any atom is -0.408 e. The summed E-state index contributed by atoms with van der Waals surface area (Å²) in [6.45, 7) is 4.77. The molecule has 35 heavy (non-hydrogen) atoms. The third-order valence-corrected chi connectivity index (χ3v) is 9.03. The largest absolute Gasteiger partial charge is 0.417 e. The first-order valence-corrected chi connectivity index (χ1v) is 13.5. The minimum atomic E-state index is -3.71. The van der Waals surface area contributed by atoms with Gasteiger partial charge in [0.25, 0.3) is 0 Å². The smallest absolute Gasteiger partial charge is 0.408 e. The van der Waals surface area contributed by atoms with E-state index in [1.807, 2.05) is 31.2 Å². The number of urea groups is 1. The molecule has 3 N–H and O–H groups in total. The number of anilines is 1. The Bertz CT molecular complexity index is 1550. The first kappa shape index (κ1) is 23.5. The lowest BCUT2D eigenvalue weighted by atomic mass is 10.1. The van der Waals surface area contributed by atoms with Gasteiger partial charge in [-0.1, -0.05) is 18.2 Å². The molecule has 1 saturated heterocycles. The fraction of sp³-hybridized carbons (Fsp3) is 0.304. The van der Waals surface area contributed by atoms with Gasteiger partial charge in [-0.3, -0.25) is 15.2 Å². The average Bonchev–Trinajstić information content (AvgIpc) is 3.38. The first-order chi connectivity index (χ1) is 16.8. The fourth-order valence-corrected chi connectivity index (χ4v) is 6.81. The number of oxazole rings is 1. The van der Waals surface area contributed by atoms with E-state index < -0.39 is 15.8 Å². The summed E-state index contributed by atoms with van der Waals surface area (Å²) in [4.78, 5) is 28.4. The van der Waals surface area contributed by atoms with E-state index in [0.29, 0.717) is 50.4 Å². The molecule has 2 aromatic carbocycles. The molecule has 3 heterocycles. The van der Waals surface area contributed by atoms with Crippen LogP contribution >= 0.6 is 11.3 Å². The van der Waals surface area contributed by atoms with E-state index in [9.17, 15) is 18.0 Å². The molecular formula is C23H25N5O5S2. The van der Waals surface area contributed by atoms with Gasteiger partial charge in [-0.25, -0.2) is 18.0 Å². The Morgan fingerprint density at radius 1 is 1.14 bits per heavy atom. The second-order valence-electron chi connectivity index (χ2n) is 8.24. The van der Waals surface area contributed by atoms with Gasteiger partial charge in [0.05, 0.1) is 10.4 Å². The Morgan fingerprint density at radius 3 is 2.69 bits per heavy atom. The number of carbonyl (C=O) groups excluding carboxylic acids is 1. The van der Waals surface area contributed by atoms with Gasteiger partial charge < -0.3 is 9.73 Å². The second kappa shape index (κ2) is 9.46. The normalized spacial score (nSPS) is 15.6. The molecule has 184 valence electrons. The number of nitrogens with zero attached hydrogens (tertiary/aromatic N) is 2. The standard InChI is InChI=1S/C23H25N5O5S2/c1-2-24-22(29)26-21-17(16-5-3-4-6-20(16)34-21)14-27-9-11-28(12-10-27)35(31,32)15-7-8-19-18(13-15)25-23(30)33-19/h3-8,13H,2,9-12,14H2,1H3,(H,25,30)(H2,24,26,29). The number of benzene rings is 2. The number of fused-ring (bicyclic) bond motifs is 2. The van der Waals surface area contributed by atoms with Crippen LogP contribution in [0.1, 0.15) is 12.5 Å². The molecule has 0 spiro atoms. The van der Waals surface area contributed by atoms with E-state index >= 15 is 0 Å². The summed E-state index contributed by atoms with van der Waals surface area (Å²) in [6.07, 6.45) is 0. The third kappa shape index (κ3) is 4.69. The molecule has 0 bridgehead atoms. The van der Waals surface area contributed by atoms with E-state index in [-0.39, 0.29) is 10.9 Å². The summed E-state index contributed by atoms with van der Waals surface area (Å²) >= 11 is 1.53. The van der Waals surface area contributed by atoms with Crippen LogP contribution in [-0.4, -0.2) is 61.4 Å². The van der Waals surface area contributed by atoms with E-state index in [1.54, 1.807) is 0 Å². The van der Waals surface area contributed by atoms with Crippen molar-refractivity contribution in [2.75, 3.05) is 38.0 Å². The molecule has 0 unspecified atom stereocenters. The Kier molecular flexibility index (Phi) is 6.36. The third-order valence-electron chi connectivity index (χ3n) is 6.00. The molecule has 4 aromatic rings. The fourth-order valence-electron chi connectivity index (χ4n) is 4.26. The highest BCUT2D eigenvalue weighted by Crippen LogP contribution is 2.36. The maximum atomic E-state index is 13.2. The van der Waals surface area contributed by atoms with Gasteiger partial charge in [0.2, 0.25) is 10.0 Å². The van der Waals surface area contributed by atoms with Crippen molar-refractivity contribution in [1.82, 2.24) is 19.5 Å². The highest BCUT2D eigenvalue weighted by molar-refractivity contribution is 7.89. The van der Waals surface area contributed by atoms with Crippen LogP contribution in [-0.2, 0) is 16.6 Å². The van der Waals surface area contributed by atoms with Gasteiger partial charge in [0.1, 0.15) is 5.00 Å². The molecular weight excluding hydrogens is 490 g/mol. The summed E-state index contributed by atoms with van der Waals surface area (Å²) in [5.74, 6) is -0.620. The predicted molar refractivity (Wildman–Crippen MR) is 135 cm³/mol. The van der Waals surface area contributed by atoms with Gasteiger partial charge in [0, 0.05) is 49.5 Å². The van der Waals surface area contributed by atoms with Crippen LogP contribution in [0.25, 0.3) is 21.2 Å².